The van der Waals surface area contributed by atoms with Crippen molar-refractivity contribution in [2.75, 3.05) is 0 Å². The number of halogens is 1. The molecule has 0 saturated carbocycles. The van der Waals surface area contributed by atoms with Gasteiger partial charge in [-0.05, 0) is 60.7 Å². The van der Waals surface area contributed by atoms with E-state index in [2.05, 4.69) is 10.6 Å². The summed E-state index contributed by atoms with van der Waals surface area (Å²) in [5, 5.41) is 10.3. The molecule has 2 N–H and O–H groups in total. The van der Waals surface area contributed by atoms with Crippen LogP contribution in [-0.2, 0) is 19.4 Å². The molecular formula is C20H18FN3. The summed E-state index contributed by atoms with van der Waals surface area (Å²) in [4.78, 5) is 0. The molecule has 3 aromatic rings. The fourth-order valence-electron chi connectivity index (χ4n) is 3.74. The molecule has 1 aromatic heterocycles. The first kappa shape index (κ1) is 14.9. The normalized spacial score (nSPS) is 16.8. The Balaban J connectivity index is 1.90. The highest BCUT2D eigenvalue weighted by molar-refractivity contribution is 5.87. The zero-order valence-corrected chi connectivity index (χ0v) is 13.3. The molecule has 0 spiro atoms. The van der Waals surface area contributed by atoms with Crippen molar-refractivity contribution in [3.05, 3.63) is 70.7 Å². The third-order valence-electron chi connectivity index (χ3n) is 4.86. The summed E-state index contributed by atoms with van der Waals surface area (Å²) >= 11 is 0. The van der Waals surface area contributed by atoms with E-state index >= 15 is 0 Å². The van der Waals surface area contributed by atoms with Gasteiger partial charge in [0.25, 0.3) is 0 Å². The first-order chi connectivity index (χ1) is 11.7. The summed E-state index contributed by atoms with van der Waals surface area (Å²) in [6, 6.07) is 14.9. The zero-order chi connectivity index (χ0) is 16.7. The second-order valence-electron chi connectivity index (χ2n) is 6.49. The van der Waals surface area contributed by atoms with E-state index < -0.39 is 0 Å². The minimum atomic E-state index is -0.216. The number of nitrogens with two attached hydrogens (primary N) is 1. The van der Waals surface area contributed by atoms with Crippen LogP contribution < -0.4 is 5.73 Å². The van der Waals surface area contributed by atoms with Crippen LogP contribution in [0.2, 0.25) is 0 Å². The molecule has 0 radical (unpaired) electrons. The quantitative estimate of drug-likeness (QED) is 0.786. The Bertz CT molecular complexity index is 965. The minimum Gasteiger partial charge on any atom is -0.340 e. The highest BCUT2D eigenvalue weighted by Gasteiger charge is 2.23. The molecule has 24 heavy (non-hydrogen) atoms. The van der Waals surface area contributed by atoms with Crippen LogP contribution in [0.3, 0.4) is 0 Å². The first-order valence-corrected chi connectivity index (χ1v) is 8.20. The topological polar surface area (TPSA) is 54.7 Å². The number of hydrogen-bond donors (Lipinski definition) is 1. The Morgan fingerprint density at radius 1 is 1.25 bits per heavy atom. The van der Waals surface area contributed by atoms with E-state index in [0.717, 1.165) is 35.7 Å². The molecule has 0 aliphatic heterocycles. The van der Waals surface area contributed by atoms with E-state index in [1.807, 2.05) is 24.3 Å². The molecule has 0 saturated heterocycles. The van der Waals surface area contributed by atoms with E-state index in [0.29, 0.717) is 12.1 Å². The molecule has 1 heterocycles. The van der Waals surface area contributed by atoms with Crippen molar-refractivity contribution in [1.29, 1.82) is 5.26 Å². The van der Waals surface area contributed by atoms with E-state index in [-0.39, 0.29) is 11.9 Å². The average Bonchev–Trinajstić information content (AvgIpc) is 2.87. The fourth-order valence-corrected chi connectivity index (χ4v) is 3.74. The van der Waals surface area contributed by atoms with Crippen molar-refractivity contribution in [2.45, 2.75) is 31.8 Å². The van der Waals surface area contributed by atoms with Crippen molar-refractivity contribution >= 4 is 10.9 Å². The summed E-state index contributed by atoms with van der Waals surface area (Å²) in [5.41, 5.74) is 11.4. The van der Waals surface area contributed by atoms with Crippen LogP contribution >= 0.6 is 0 Å². The van der Waals surface area contributed by atoms with Crippen LogP contribution in [0.4, 0.5) is 4.39 Å². The summed E-state index contributed by atoms with van der Waals surface area (Å²) in [7, 11) is 0. The van der Waals surface area contributed by atoms with Gasteiger partial charge in [0.2, 0.25) is 0 Å². The Hall–Kier alpha value is -2.64. The van der Waals surface area contributed by atoms with E-state index in [1.165, 1.54) is 17.3 Å². The van der Waals surface area contributed by atoms with Gasteiger partial charge in [0.15, 0.2) is 0 Å². The first-order valence-electron chi connectivity index (χ1n) is 8.20. The lowest BCUT2D eigenvalue weighted by Crippen LogP contribution is -2.28. The Kier molecular flexibility index (Phi) is 3.59. The maximum absolute atomic E-state index is 13.5. The molecule has 1 aliphatic rings. The molecular weight excluding hydrogens is 301 g/mol. The van der Waals surface area contributed by atoms with Crippen molar-refractivity contribution in [1.82, 2.24) is 4.57 Å². The number of benzene rings is 2. The molecule has 4 rings (SSSR count). The molecule has 4 heteroatoms. The largest absolute Gasteiger partial charge is 0.340 e. The fraction of sp³-hybridized carbons (Fsp3) is 0.250. The third-order valence-corrected chi connectivity index (χ3v) is 4.86. The monoisotopic (exact) mass is 319 g/mol. The molecule has 120 valence electrons. The second-order valence-corrected chi connectivity index (χ2v) is 6.49. The van der Waals surface area contributed by atoms with Gasteiger partial charge in [0, 0.05) is 29.2 Å². The summed E-state index contributed by atoms with van der Waals surface area (Å²) in [5.74, 6) is -0.216. The third kappa shape index (κ3) is 2.47. The van der Waals surface area contributed by atoms with Crippen LogP contribution in [-0.4, -0.2) is 10.6 Å². The standard InChI is InChI=1S/C20H18FN3/c21-15-3-1-2-14(8-15)12-24-19-6-4-13(11-22)9-17(19)18-10-16(23)5-7-20(18)24/h1-4,6,8-9,16H,5,7,10,12,23H2. The number of fused-ring (bicyclic) bond motifs is 3. The van der Waals surface area contributed by atoms with Gasteiger partial charge < -0.3 is 10.3 Å². The van der Waals surface area contributed by atoms with E-state index in [9.17, 15) is 9.65 Å². The Morgan fingerprint density at radius 2 is 2.12 bits per heavy atom. The van der Waals surface area contributed by atoms with Gasteiger partial charge in [-0.2, -0.15) is 5.26 Å². The molecule has 0 fully saturated rings. The number of aromatic nitrogens is 1. The molecule has 0 bridgehead atoms. The van der Waals surface area contributed by atoms with E-state index in [4.69, 9.17) is 5.73 Å². The van der Waals surface area contributed by atoms with Gasteiger partial charge in [0.05, 0.1) is 11.6 Å². The van der Waals surface area contributed by atoms with E-state index in [1.54, 1.807) is 12.1 Å². The van der Waals surface area contributed by atoms with Gasteiger partial charge in [-0.1, -0.05) is 12.1 Å². The maximum atomic E-state index is 13.5. The smallest absolute Gasteiger partial charge is 0.123 e. The number of rotatable bonds is 2. The minimum absolute atomic E-state index is 0.163. The lowest BCUT2D eigenvalue weighted by atomic mass is 9.91. The molecule has 1 aliphatic carbocycles. The predicted octanol–water partition coefficient (Wildman–Crippen LogP) is 3.52. The van der Waals surface area contributed by atoms with Gasteiger partial charge in [0.1, 0.15) is 5.82 Å². The molecule has 3 nitrogen and oxygen atoms in total. The van der Waals surface area contributed by atoms with Crippen molar-refractivity contribution in [2.24, 2.45) is 5.73 Å². The van der Waals surface area contributed by atoms with Crippen LogP contribution in [0.5, 0.6) is 0 Å². The molecule has 2 aromatic carbocycles. The van der Waals surface area contributed by atoms with Gasteiger partial charge >= 0.3 is 0 Å². The maximum Gasteiger partial charge on any atom is 0.123 e. The summed E-state index contributed by atoms with van der Waals surface area (Å²) in [6.45, 7) is 0.630. The number of nitrogens with zero attached hydrogens (tertiary/aromatic N) is 2. The summed E-state index contributed by atoms with van der Waals surface area (Å²) < 4.78 is 15.8. The van der Waals surface area contributed by atoms with Crippen molar-refractivity contribution in [3.8, 4) is 6.07 Å². The van der Waals surface area contributed by atoms with Gasteiger partial charge in [-0.15, -0.1) is 0 Å². The van der Waals surface area contributed by atoms with Crippen LogP contribution in [0.25, 0.3) is 10.9 Å². The molecule has 1 unspecified atom stereocenters. The SMILES string of the molecule is N#Cc1ccc2c(c1)c1c(n2Cc2cccc(F)c2)CCC(N)C1. The lowest BCUT2D eigenvalue weighted by Gasteiger charge is -2.21. The average molecular weight is 319 g/mol. The lowest BCUT2D eigenvalue weighted by molar-refractivity contribution is 0.555. The van der Waals surface area contributed by atoms with Gasteiger partial charge in [-0.25, -0.2) is 4.39 Å². The number of hydrogen-bond acceptors (Lipinski definition) is 2. The van der Waals surface area contributed by atoms with Crippen LogP contribution in [0, 0.1) is 17.1 Å². The second kappa shape index (κ2) is 5.77. The zero-order valence-electron chi connectivity index (χ0n) is 13.3. The summed E-state index contributed by atoms with van der Waals surface area (Å²) in [6.07, 6.45) is 2.71. The Morgan fingerprint density at radius 3 is 2.92 bits per heavy atom. The van der Waals surface area contributed by atoms with Crippen molar-refractivity contribution in [3.63, 3.8) is 0 Å². The van der Waals surface area contributed by atoms with Crippen molar-refractivity contribution < 1.29 is 4.39 Å². The highest BCUT2D eigenvalue weighted by atomic mass is 19.1. The number of nitriles is 1. The molecule has 0 amide bonds. The Labute approximate surface area is 140 Å². The predicted molar refractivity (Wildman–Crippen MR) is 92.2 cm³/mol. The van der Waals surface area contributed by atoms with Crippen LogP contribution in [0.15, 0.2) is 42.5 Å². The van der Waals surface area contributed by atoms with Crippen LogP contribution in [0.1, 0.15) is 28.8 Å². The highest BCUT2D eigenvalue weighted by Crippen LogP contribution is 2.33. The molecule has 1 atom stereocenters. The van der Waals surface area contributed by atoms with Gasteiger partial charge in [-0.3, -0.25) is 0 Å².